The summed E-state index contributed by atoms with van der Waals surface area (Å²) in [6, 6.07) is 0. The van der Waals surface area contributed by atoms with Gasteiger partial charge < -0.3 is 35.0 Å². The molecule has 0 aromatic carbocycles. The molecule has 7 nitrogen and oxygen atoms in total. The molecule has 0 aromatic rings. The first kappa shape index (κ1) is 14.9. The molecule has 2 aliphatic rings. The Labute approximate surface area is 110 Å². The molecule has 1 heterocycles. The summed E-state index contributed by atoms with van der Waals surface area (Å²) in [7, 11) is 0. The maximum absolute atomic E-state index is 9.83. The Balaban J connectivity index is 2.05. The maximum atomic E-state index is 9.83. The Kier molecular flexibility index (Phi) is 4.26. The van der Waals surface area contributed by atoms with Crippen LogP contribution in [0.15, 0.2) is 12.2 Å². The second-order valence-corrected chi connectivity index (χ2v) is 5.26. The molecule has 0 amide bonds. The van der Waals surface area contributed by atoms with Crippen LogP contribution in [0.25, 0.3) is 0 Å². The zero-order chi connectivity index (χ0) is 14.2. The number of aliphatic hydroxyl groups excluding tert-OH is 5. The predicted molar refractivity (Wildman–Crippen MR) is 63.0 cm³/mol. The van der Waals surface area contributed by atoms with Crippen LogP contribution in [0.3, 0.4) is 0 Å². The molecule has 7 unspecified atom stereocenters. The summed E-state index contributed by atoms with van der Waals surface area (Å²) >= 11 is 0. The number of ether oxygens (including phenoxy) is 2. The highest BCUT2D eigenvalue weighted by molar-refractivity contribution is 5.12. The third-order valence-electron chi connectivity index (χ3n) is 3.52. The Morgan fingerprint density at radius 2 is 1.89 bits per heavy atom. The molecular formula is C12H20O7. The van der Waals surface area contributed by atoms with Crippen molar-refractivity contribution in [1.29, 1.82) is 0 Å². The summed E-state index contributed by atoms with van der Waals surface area (Å²) in [6.07, 6.45) is -3.58. The van der Waals surface area contributed by atoms with Crippen molar-refractivity contribution in [2.45, 2.75) is 55.8 Å². The van der Waals surface area contributed by atoms with Crippen molar-refractivity contribution in [1.82, 2.24) is 0 Å². The van der Waals surface area contributed by atoms with E-state index in [0.29, 0.717) is 6.42 Å². The third kappa shape index (κ3) is 2.97. The lowest BCUT2D eigenvalue weighted by Crippen LogP contribution is -2.60. The van der Waals surface area contributed by atoms with Crippen LogP contribution >= 0.6 is 0 Å². The Morgan fingerprint density at radius 3 is 2.42 bits per heavy atom. The van der Waals surface area contributed by atoms with Gasteiger partial charge in [0.15, 0.2) is 6.29 Å². The van der Waals surface area contributed by atoms with Gasteiger partial charge in [0.1, 0.15) is 24.4 Å². The Hall–Kier alpha value is -0.540. The highest BCUT2D eigenvalue weighted by atomic mass is 16.7. The van der Waals surface area contributed by atoms with E-state index in [0.717, 1.165) is 0 Å². The van der Waals surface area contributed by atoms with Crippen LogP contribution in [0.2, 0.25) is 0 Å². The third-order valence-corrected chi connectivity index (χ3v) is 3.52. The molecule has 0 radical (unpaired) electrons. The van der Waals surface area contributed by atoms with E-state index in [1.165, 1.54) is 0 Å². The molecule has 0 saturated carbocycles. The monoisotopic (exact) mass is 276 g/mol. The van der Waals surface area contributed by atoms with Crippen molar-refractivity contribution >= 4 is 0 Å². The number of hydrogen-bond acceptors (Lipinski definition) is 7. The highest BCUT2D eigenvalue weighted by Crippen LogP contribution is 2.32. The molecule has 7 heteroatoms. The van der Waals surface area contributed by atoms with Crippen molar-refractivity contribution in [2.24, 2.45) is 0 Å². The molecule has 19 heavy (non-hydrogen) atoms. The van der Waals surface area contributed by atoms with Gasteiger partial charge in [0.05, 0.1) is 18.3 Å². The van der Waals surface area contributed by atoms with Crippen LogP contribution in [0.1, 0.15) is 13.3 Å². The summed E-state index contributed by atoms with van der Waals surface area (Å²) in [5, 5.41) is 47.6. The van der Waals surface area contributed by atoms with Gasteiger partial charge in [-0.3, -0.25) is 0 Å². The number of hydrogen-bond donors (Lipinski definition) is 5. The average molecular weight is 276 g/mol. The molecule has 1 aliphatic heterocycles. The number of rotatable bonds is 3. The standard InChI is InChI=1S/C12H20O7/c1-12(3-2-6(14)4-12)19-11-10(17)9(16)8(15)7(5-13)18-11/h2-3,6-11,13-17H,4-5H2,1H3. The van der Waals surface area contributed by atoms with E-state index in [2.05, 4.69) is 0 Å². The minimum atomic E-state index is -1.46. The minimum Gasteiger partial charge on any atom is -0.394 e. The molecular weight excluding hydrogens is 256 g/mol. The molecule has 110 valence electrons. The molecule has 1 fully saturated rings. The van der Waals surface area contributed by atoms with Crippen molar-refractivity contribution < 1.29 is 35.0 Å². The van der Waals surface area contributed by atoms with Crippen LogP contribution < -0.4 is 0 Å². The van der Waals surface area contributed by atoms with Gasteiger partial charge >= 0.3 is 0 Å². The average Bonchev–Trinajstić information content (AvgIpc) is 2.70. The quantitative estimate of drug-likeness (QED) is 0.374. The van der Waals surface area contributed by atoms with Gasteiger partial charge in [-0.1, -0.05) is 12.2 Å². The molecule has 0 spiro atoms. The van der Waals surface area contributed by atoms with E-state index in [4.69, 9.17) is 14.6 Å². The smallest absolute Gasteiger partial charge is 0.187 e. The predicted octanol–water partition coefficient (Wildman–Crippen LogP) is -2.12. The fourth-order valence-electron chi connectivity index (χ4n) is 2.38. The van der Waals surface area contributed by atoms with E-state index in [1.807, 2.05) is 0 Å². The molecule has 0 aromatic heterocycles. The van der Waals surface area contributed by atoms with E-state index in [-0.39, 0.29) is 0 Å². The lowest BCUT2D eigenvalue weighted by Gasteiger charge is -2.42. The zero-order valence-corrected chi connectivity index (χ0v) is 10.6. The highest BCUT2D eigenvalue weighted by Gasteiger charge is 2.46. The van der Waals surface area contributed by atoms with E-state index >= 15 is 0 Å². The molecule has 2 rings (SSSR count). The molecule has 7 atom stereocenters. The van der Waals surface area contributed by atoms with Gasteiger partial charge in [-0.05, 0) is 6.92 Å². The topological polar surface area (TPSA) is 120 Å². The van der Waals surface area contributed by atoms with Gasteiger partial charge in [0.2, 0.25) is 0 Å². The first-order valence-corrected chi connectivity index (χ1v) is 6.22. The van der Waals surface area contributed by atoms with Gasteiger partial charge in [-0.25, -0.2) is 0 Å². The van der Waals surface area contributed by atoms with Crippen LogP contribution in [-0.4, -0.2) is 74.6 Å². The fourth-order valence-corrected chi connectivity index (χ4v) is 2.38. The number of aliphatic hydroxyl groups is 5. The minimum absolute atomic E-state index is 0.308. The Morgan fingerprint density at radius 1 is 1.21 bits per heavy atom. The SMILES string of the molecule is CC1(OC2OC(CO)C(O)C(O)C2O)C=CC(O)C1. The summed E-state index contributed by atoms with van der Waals surface area (Å²) in [5.74, 6) is 0. The zero-order valence-electron chi connectivity index (χ0n) is 10.6. The molecule has 1 aliphatic carbocycles. The van der Waals surface area contributed by atoms with E-state index in [1.54, 1.807) is 19.1 Å². The summed E-state index contributed by atoms with van der Waals surface area (Å²) in [4.78, 5) is 0. The second-order valence-electron chi connectivity index (χ2n) is 5.26. The second kappa shape index (κ2) is 5.45. The van der Waals surface area contributed by atoms with E-state index < -0.39 is 49.0 Å². The Bertz CT molecular complexity index is 345. The van der Waals surface area contributed by atoms with Crippen molar-refractivity contribution in [3.05, 3.63) is 12.2 Å². The van der Waals surface area contributed by atoms with Gasteiger partial charge in [-0.2, -0.15) is 0 Å². The lowest BCUT2D eigenvalue weighted by atomic mass is 9.98. The van der Waals surface area contributed by atoms with Gasteiger partial charge in [-0.15, -0.1) is 0 Å². The largest absolute Gasteiger partial charge is 0.394 e. The summed E-state index contributed by atoms with van der Waals surface area (Å²) in [5.41, 5.74) is -0.826. The van der Waals surface area contributed by atoms with Crippen LogP contribution in [-0.2, 0) is 9.47 Å². The van der Waals surface area contributed by atoms with E-state index in [9.17, 15) is 20.4 Å². The van der Waals surface area contributed by atoms with Crippen molar-refractivity contribution in [3.8, 4) is 0 Å². The van der Waals surface area contributed by atoms with Crippen LogP contribution in [0, 0.1) is 0 Å². The van der Waals surface area contributed by atoms with Crippen molar-refractivity contribution in [2.75, 3.05) is 6.61 Å². The van der Waals surface area contributed by atoms with Crippen LogP contribution in [0.5, 0.6) is 0 Å². The molecule has 0 bridgehead atoms. The normalized spacial score (nSPS) is 50.6. The fraction of sp³-hybridized carbons (Fsp3) is 0.833. The summed E-state index contributed by atoms with van der Waals surface area (Å²) < 4.78 is 10.8. The van der Waals surface area contributed by atoms with Gasteiger partial charge in [0, 0.05) is 6.42 Å². The first-order chi connectivity index (χ1) is 8.86. The molecule has 5 N–H and O–H groups in total. The van der Waals surface area contributed by atoms with Gasteiger partial charge in [0.25, 0.3) is 0 Å². The molecule has 1 saturated heterocycles. The van der Waals surface area contributed by atoms with Crippen molar-refractivity contribution in [3.63, 3.8) is 0 Å². The van der Waals surface area contributed by atoms with Crippen LogP contribution in [0.4, 0.5) is 0 Å². The maximum Gasteiger partial charge on any atom is 0.187 e. The lowest BCUT2D eigenvalue weighted by molar-refractivity contribution is -0.319. The first-order valence-electron chi connectivity index (χ1n) is 6.22. The summed E-state index contributed by atoms with van der Waals surface area (Å²) in [6.45, 7) is 1.21.